The second kappa shape index (κ2) is 12.0. The van der Waals surface area contributed by atoms with Crippen molar-refractivity contribution < 1.29 is 29.0 Å². The zero-order chi connectivity index (χ0) is 34.7. The van der Waals surface area contributed by atoms with Crippen LogP contribution in [0, 0.1) is 30.6 Å². The van der Waals surface area contributed by atoms with Gasteiger partial charge in [0.15, 0.2) is 0 Å². The summed E-state index contributed by atoms with van der Waals surface area (Å²) in [5.74, 6) is -4.55. The number of hydrogen-bond donors (Lipinski definition) is 2. The minimum absolute atomic E-state index is 0.0572. The molecule has 3 fully saturated rings. The number of hydrogen-bond acceptors (Lipinski definition) is 7. The monoisotopic (exact) mass is 667 g/mol. The van der Waals surface area contributed by atoms with Crippen molar-refractivity contribution in [2.75, 3.05) is 12.5 Å². The molecule has 0 spiro atoms. The standard InChI is InChI=1S/C41H37N3O6/c1-24-13-15-27(16-14-24)42-44-38(47)33-22-31-29(18-19-30-35(31)39(48)43(37(30)46)23-25-9-5-3-6-10-25)36(32-21-28(50-2)17-20-34(32)45)41(33,40(44)49)26-11-7-4-8-12-26/h3-18,20-21,30-31,33,35-36,42,45H,19,22-23H2,1-2H3. The fraction of sp³-hybridized carbons (Fsp3) is 0.268. The third-order valence-electron chi connectivity index (χ3n) is 11.2. The third-order valence-corrected chi connectivity index (χ3v) is 11.2. The Labute approximate surface area is 290 Å². The van der Waals surface area contributed by atoms with E-state index in [0.717, 1.165) is 21.7 Å². The van der Waals surface area contributed by atoms with Crippen LogP contribution in [-0.4, -0.2) is 45.8 Å². The number of methoxy groups -OCH3 is 1. The molecule has 50 heavy (non-hydrogen) atoms. The average Bonchev–Trinajstić information content (AvgIpc) is 3.51. The number of amides is 4. The topological polar surface area (TPSA) is 116 Å². The number of likely N-dealkylation sites (tertiary alicyclic amines) is 1. The van der Waals surface area contributed by atoms with Gasteiger partial charge in [0, 0.05) is 11.5 Å². The number of nitrogens with one attached hydrogen (secondary N) is 1. The van der Waals surface area contributed by atoms with Crippen molar-refractivity contribution >= 4 is 29.3 Å². The van der Waals surface area contributed by atoms with Gasteiger partial charge in [-0.15, -0.1) is 0 Å². The van der Waals surface area contributed by atoms with Crippen LogP contribution in [-0.2, 0) is 31.1 Å². The van der Waals surface area contributed by atoms with Gasteiger partial charge in [0.1, 0.15) is 11.5 Å². The number of hydrazine groups is 1. The van der Waals surface area contributed by atoms with E-state index in [1.165, 1.54) is 18.1 Å². The number of ether oxygens (including phenoxy) is 1. The molecule has 6 unspecified atom stereocenters. The number of carbonyl (C=O) groups is 4. The Hall–Kier alpha value is -5.70. The number of allylic oxidation sites excluding steroid dienone is 2. The quantitative estimate of drug-likeness (QED) is 0.186. The van der Waals surface area contributed by atoms with E-state index in [0.29, 0.717) is 29.0 Å². The van der Waals surface area contributed by atoms with Gasteiger partial charge in [-0.1, -0.05) is 90.0 Å². The van der Waals surface area contributed by atoms with E-state index in [-0.39, 0.29) is 30.5 Å². The van der Waals surface area contributed by atoms with Gasteiger partial charge in [0.25, 0.3) is 11.8 Å². The average molecular weight is 668 g/mol. The summed E-state index contributed by atoms with van der Waals surface area (Å²) in [5, 5.41) is 12.7. The Morgan fingerprint density at radius 3 is 2.24 bits per heavy atom. The third kappa shape index (κ3) is 4.67. The van der Waals surface area contributed by atoms with Gasteiger partial charge >= 0.3 is 0 Å². The summed E-state index contributed by atoms with van der Waals surface area (Å²) in [6.45, 7) is 2.12. The van der Waals surface area contributed by atoms with Crippen LogP contribution in [0.5, 0.6) is 11.5 Å². The second-order valence-electron chi connectivity index (χ2n) is 13.8. The highest BCUT2D eigenvalue weighted by Gasteiger charge is 2.70. The lowest BCUT2D eigenvalue weighted by atomic mass is 9.49. The van der Waals surface area contributed by atoms with Crippen molar-refractivity contribution in [1.29, 1.82) is 0 Å². The highest BCUT2D eigenvalue weighted by atomic mass is 16.5. The number of imide groups is 2. The highest BCUT2D eigenvalue weighted by molar-refractivity contribution is 6.13. The summed E-state index contributed by atoms with van der Waals surface area (Å²) in [7, 11) is 1.53. The van der Waals surface area contributed by atoms with Crippen molar-refractivity contribution in [3.63, 3.8) is 0 Å². The molecule has 2 saturated heterocycles. The number of phenols is 1. The van der Waals surface area contributed by atoms with Gasteiger partial charge in [-0.2, -0.15) is 5.01 Å². The van der Waals surface area contributed by atoms with E-state index in [9.17, 15) is 19.5 Å². The van der Waals surface area contributed by atoms with E-state index in [1.807, 2.05) is 97.9 Å². The van der Waals surface area contributed by atoms with Gasteiger partial charge in [0.05, 0.1) is 42.5 Å². The van der Waals surface area contributed by atoms with Gasteiger partial charge in [-0.3, -0.25) is 29.5 Å². The SMILES string of the molecule is COc1ccc(O)c(C2C3=CCC4C(=O)N(Cc5ccccc5)C(=O)C4C3CC3C(=O)N(Nc4ccc(C)cc4)C(=O)C32c2ccccc2)c1. The lowest BCUT2D eigenvalue weighted by Gasteiger charge is -2.50. The predicted molar refractivity (Wildman–Crippen MR) is 185 cm³/mol. The van der Waals surface area contributed by atoms with E-state index in [2.05, 4.69) is 5.43 Å². The summed E-state index contributed by atoms with van der Waals surface area (Å²) in [6.07, 6.45) is 2.47. The van der Waals surface area contributed by atoms with Gasteiger partial charge in [-0.25, -0.2) is 0 Å². The van der Waals surface area contributed by atoms with E-state index in [1.54, 1.807) is 12.1 Å². The smallest absolute Gasteiger partial charge is 0.260 e. The largest absolute Gasteiger partial charge is 0.508 e. The van der Waals surface area contributed by atoms with E-state index < -0.39 is 46.8 Å². The number of benzene rings is 4. The number of aryl methyl sites for hydroxylation is 1. The Morgan fingerprint density at radius 2 is 1.54 bits per heavy atom. The molecule has 4 amide bonds. The molecule has 1 saturated carbocycles. The molecular weight excluding hydrogens is 630 g/mol. The number of anilines is 1. The summed E-state index contributed by atoms with van der Waals surface area (Å²) >= 11 is 0. The summed E-state index contributed by atoms with van der Waals surface area (Å²) in [4.78, 5) is 59.7. The van der Waals surface area contributed by atoms with Crippen LogP contribution < -0.4 is 10.2 Å². The van der Waals surface area contributed by atoms with E-state index in [4.69, 9.17) is 4.74 Å². The number of carbonyl (C=O) groups excluding carboxylic acids is 4. The molecule has 9 nitrogen and oxygen atoms in total. The molecule has 8 rings (SSSR count). The highest BCUT2D eigenvalue weighted by Crippen LogP contribution is 2.65. The van der Waals surface area contributed by atoms with Crippen molar-refractivity contribution in [2.45, 2.75) is 37.6 Å². The fourth-order valence-corrected chi connectivity index (χ4v) is 8.97. The molecule has 252 valence electrons. The normalized spacial score (nSPS) is 27.1. The number of rotatable bonds is 7. The van der Waals surface area contributed by atoms with Crippen LogP contribution in [0.4, 0.5) is 5.69 Å². The predicted octanol–water partition coefficient (Wildman–Crippen LogP) is 5.89. The lowest BCUT2D eigenvalue weighted by molar-refractivity contribution is -0.142. The second-order valence-corrected chi connectivity index (χ2v) is 13.8. The van der Waals surface area contributed by atoms with Crippen LogP contribution >= 0.6 is 0 Å². The van der Waals surface area contributed by atoms with Gasteiger partial charge in [0.2, 0.25) is 11.8 Å². The molecule has 2 N–H and O–H groups in total. The maximum absolute atomic E-state index is 15.2. The molecule has 2 aliphatic carbocycles. The zero-order valence-corrected chi connectivity index (χ0v) is 27.8. The van der Waals surface area contributed by atoms with Crippen LogP contribution in [0.2, 0.25) is 0 Å². The molecule has 0 bridgehead atoms. The molecule has 6 atom stereocenters. The number of nitrogens with zero attached hydrogens (tertiary/aromatic N) is 2. The minimum atomic E-state index is -1.48. The van der Waals surface area contributed by atoms with E-state index >= 15 is 4.79 Å². The Bertz CT molecular complexity index is 2050. The van der Waals surface area contributed by atoms with Crippen LogP contribution in [0.1, 0.15) is 41.0 Å². The molecular formula is C41H37N3O6. The summed E-state index contributed by atoms with van der Waals surface area (Å²) in [6, 6.07) is 31.0. The first-order valence-electron chi connectivity index (χ1n) is 17.0. The Kier molecular flexibility index (Phi) is 7.58. The number of aromatic hydroxyl groups is 1. The first-order chi connectivity index (χ1) is 24.2. The number of fused-ring (bicyclic) bond motifs is 4. The molecule has 2 aliphatic heterocycles. The van der Waals surface area contributed by atoms with Gasteiger partial charge < -0.3 is 9.84 Å². The fourth-order valence-electron chi connectivity index (χ4n) is 8.97. The maximum Gasteiger partial charge on any atom is 0.260 e. The molecule has 4 aromatic rings. The molecule has 4 aliphatic rings. The van der Waals surface area contributed by atoms with Gasteiger partial charge in [-0.05, 0) is 67.1 Å². The molecule has 9 heteroatoms. The first-order valence-corrected chi connectivity index (χ1v) is 17.0. The molecule has 2 heterocycles. The summed E-state index contributed by atoms with van der Waals surface area (Å²) in [5.41, 5.74) is 5.90. The maximum atomic E-state index is 15.2. The lowest BCUT2D eigenvalue weighted by Crippen LogP contribution is -2.53. The van der Waals surface area contributed by atoms with Crippen LogP contribution in [0.25, 0.3) is 0 Å². The Morgan fingerprint density at radius 1 is 0.840 bits per heavy atom. The molecule has 0 radical (unpaired) electrons. The van der Waals surface area contributed by atoms with Crippen molar-refractivity contribution in [3.05, 3.63) is 137 Å². The number of phenolic OH excluding ortho intramolecular Hbond substituents is 1. The molecule has 0 aromatic heterocycles. The minimum Gasteiger partial charge on any atom is -0.508 e. The zero-order valence-electron chi connectivity index (χ0n) is 27.8. The Balaban J connectivity index is 1.31. The molecule has 4 aromatic carbocycles. The first kappa shape index (κ1) is 31.6. The van der Waals surface area contributed by atoms with Crippen molar-refractivity contribution in [1.82, 2.24) is 9.91 Å². The van der Waals surface area contributed by atoms with Crippen LogP contribution in [0.3, 0.4) is 0 Å². The van der Waals surface area contributed by atoms with Crippen LogP contribution in [0.15, 0.2) is 115 Å². The van der Waals surface area contributed by atoms with Crippen molar-refractivity contribution in [2.24, 2.45) is 23.7 Å². The van der Waals surface area contributed by atoms with Crippen molar-refractivity contribution in [3.8, 4) is 11.5 Å². The summed E-state index contributed by atoms with van der Waals surface area (Å²) < 4.78 is 5.60.